The Morgan fingerprint density at radius 1 is 1.20 bits per heavy atom. The van der Waals surface area contributed by atoms with Crippen LogP contribution in [-0.2, 0) is 0 Å². The molecular formula is C15H12FN3O. The lowest BCUT2D eigenvalue weighted by Crippen LogP contribution is -1.92. The van der Waals surface area contributed by atoms with E-state index in [-0.39, 0.29) is 11.7 Å². The van der Waals surface area contributed by atoms with E-state index in [1.807, 2.05) is 13.0 Å². The Bertz CT molecular complexity index is 753. The van der Waals surface area contributed by atoms with Crippen LogP contribution in [0, 0.1) is 12.7 Å². The van der Waals surface area contributed by atoms with E-state index in [1.54, 1.807) is 24.4 Å². The van der Waals surface area contributed by atoms with E-state index in [4.69, 9.17) is 10.3 Å². The largest absolute Gasteiger partial charge is 0.367 e. The van der Waals surface area contributed by atoms with Crippen molar-refractivity contribution in [2.24, 2.45) is 0 Å². The van der Waals surface area contributed by atoms with Crippen molar-refractivity contribution in [3.8, 4) is 22.5 Å². The number of halogens is 1. The maximum Gasteiger partial charge on any atom is 0.232 e. The summed E-state index contributed by atoms with van der Waals surface area (Å²) in [5.74, 6) is -0.165. The van der Waals surface area contributed by atoms with Gasteiger partial charge in [0.1, 0.15) is 11.5 Å². The molecule has 2 heterocycles. The van der Waals surface area contributed by atoms with Gasteiger partial charge in [0.15, 0.2) is 0 Å². The third-order valence-corrected chi connectivity index (χ3v) is 3.09. The molecule has 1 aromatic carbocycles. The smallest absolute Gasteiger partial charge is 0.232 e. The summed E-state index contributed by atoms with van der Waals surface area (Å²) in [4.78, 5) is 4.25. The Morgan fingerprint density at radius 3 is 2.80 bits per heavy atom. The number of nitrogens with zero attached hydrogens (tertiary/aromatic N) is 2. The van der Waals surface area contributed by atoms with E-state index >= 15 is 0 Å². The van der Waals surface area contributed by atoms with E-state index in [2.05, 4.69) is 10.1 Å². The number of nitrogens with two attached hydrogens (primary N) is 1. The van der Waals surface area contributed by atoms with E-state index < -0.39 is 0 Å². The van der Waals surface area contributed by atoms with Gasteiger partial charge < -0.3 is 10.3 Å². The summed E-state index contributed by atoms with van der Waals surface area (Å²) in [5, 5.41) is 3.96. The molecule has 0 amide bonds. The van der Waals surface area contributed by atoms with E-state index in [9.17, 15) is 4.39 Å². The molecule has 0 aliphatic rings. The van der Waals surface area contributed by atoms with Gasteiger partial charge in [-0.05, 0) is 36.8 Å². The van der Waals surface area contributed by atoms with Crippen LogP contribution in [0.2, 0.25) is 0 Å². The Balaban J connectivity index is 2.24. The Labute approximate surface area is 115 Å². The molecule has 100 valence electrons. The summed E-state index contributed by atoms with van der Waals surface area (Å²) < 4.78 is 18.5. The third-order valence-electron chi connectivity index (χ3n) is 3.09. The highest BCUT2D eigenvalue weighted by atomic mass is 19.1. The van der Waals surface area contributed by atoms with Crippen LogP contribution >= 0.6 is 0 Å². The van der Waals surface area contributed by atoms with Crippen LogP contribution in [-0.4, -0.2) is 10.1 Å². The zero-order valence-corrected chi connectivity index (χ0v) is 10.8. The Hall–Kier alpha value is -2.69. The Kier molecular flexibility index (Phi) is 2.95. The van der Waals surface area contributed by atoms with Gasteiger partial charge in [-0.15, -0.1) is 0 Å². The molecule has 0 aliphatic carbocycles. The predicted octanol–water partition coefficient (Wildman–Crippen LogP) is 3.43. The topological polar surface area (TPSA) is 64.9 Å². The van der Waals surface area contributed by atoms with Crippen molar-refractivity contribution in [2.75, 3.05) is 5.73 Å². The second-order valence-corrected chi connectivity index (χ2v) is 4.44. The molecule has 0 atom stereocenters. The molecule has 0 saturated heterocycles. The van der Waals surface area contributed by atoms with Gasteiger partial charge >= 0.3 is 0 Å². The van der Waals surface area contributed by atoms with Crippen molar-refractivity contribution in [1.29, 1.82) is 0 Å². The first-order valence-electron chi connectivity index (χ1n) is 6.10. The molecule has 3 rings (SSSR count). The van der Waals surface area contributed by atoms with Crippen molar-refractivity contribution in [3.05, 3.63) is 54.0 Å². The van der Waals surface area contributed by atoms with Gasteiger partial charge in [-0.2, -0.15) is 0 Å². The van der Waals surface area contributed by atoms with Crippen LogP contribution in [0.1, 0.15) is 5.56 Å². The summed E-state index contributed by atoms with van der Waals surface area (Å²) >= 11 is 0. The van der Waals surface area contributed by atoms with E-state index in [0.717, 1.165) is 5.56 Å². The molecule has 0 unspecified atom stereocenters. The predicted molar refractivity (Wildman–Crippen MR) is 74.3 cm³/mol. The maximum absolute atomic E-state index is 13.5. The molecule has 0 spiro atoms. The number of aryl methyl sites for hydroxylation is 1. The minimum absolute atomic E-state index is 0.169. The molecular weight excluding hydrogens is 257 g/mol. The molecule has 0 aliphatic heterocycles. The number of pyridine rings is 1. The van der Waals surface area contributed by atoms with E-state index in [1.165, 1.54) is 12.1 Å². The molecule has 20 heavy (non-hydrogen) atoms. The molecule has 0 fully saturated rings. The average molecular weight is 269 g/mol. The molecule has 0 saturated carbocycles. The zero-order chi connectivity index (χ0) is 14.1. The van der Waals surface area contributed by atoms with Crippen LogP contribution in [0.15, 0.2) is 47.1 Å². The summed E-state index contributed by atoms with van der Waals surface area (Å²) in [6.45, 7) is 1.88. The highest BCUT2D eigenvalue weighted by molar-refractivity contribution is 5.86. The van der Waals surface area contributed by atoms with Gasteiger partial charge in [0.25, 0.3) is 0 Å². The minimum Gasteiger partial charge on any atom is -0.367 e. The van der Waals surface area contributed by atoms with Crippen molar-refractivity contribution in [2.45, 2.75) is 6.92 Å². The highest BCUT2D eigenvalue weighted by Gasteiger charge is 2.19. The van der Waals surface area contributed by atoms with Crippen LogP contribution in [0.25, 0.3) is 22.5 Å². The first-order valence-corrected chi connectivity index (χ1v) is 6.10. The van der Waals surface area contributed by atoms with Crippen molar-refractivity contribution in [3.63, 3.8) is 0 Å². The molecule has 0 bridgehead atoms. The number of hydrogen-bond acceptors (Lipinski definition) is 4. The Morgan fingerprint density at radius 2 is 2.05 bits per heavy atom. The van der Waals surface area contributed by atoms with Crippen LogP contribution in [0.4, 0.5) is 10.3 Å². The summed E-state index contributed by atoms with van der Waals surface area (Å²) in [5.41, 5.74) is 9.09. The monoisotopic (exact) mass is 269 g/mol. The quantitative estimate of drug-likeness (QED) is 0.774. The van der Waals surface area contributed by atoms with Gasteiger partial charge in [-0.1, -0.05) is 17.3 Å². The van der Waals surface area contributed by atoms with Gasteiger partial charge in [-0.25, -0.2) is 4.39 Å². The molecule has 3 aromatic rings. The van der Waals surface area contributed by atoms with Crippen LogP contribution in [0.3, 0.4) is 0 Å². The lowest BCUT2D eigenvalue weighted by Gasteiger charge is -2.05. The van der Waals surface area contributed by atoms with Crippen molar-refractivity contribution < 1.29 is 8.91 Å². The normalized spacial score (nSPS) is 10.7. The van der Waals surface area contributed by atoms with Gasteiger partial charge in [0, 0.05) is 11.8 Å². The molecule has 2 N–H and O–H groups in total. The molecule has 5 heteroatoms. The molecule has 2 aromatic heterocycles. The fourth-order valence-corrected chi connectivity index (χ4v) is 2.09. The fourth-order valence-electron chi connectivity index (χ4n) is 2.09. The third kappa shape index (κ3) is 2.03. The summed E-state index contributed by atoms with van der Waals surface area (Å²) in [7, 11) is 0. The second-order valence-electron chi connectivity index (χ2n) is 4.44. The number of benzene rings is 1. The number of nitrogen functional groups attached to an aromatic ring is 1. The van der Waals surface area contributed by atoms with Gasteiger partial charge in [0.05, 0.1) is 11.3 Å². The van der Waals surface area contributed by atoms with Crippen LogP contribution < -0.4 is 5.73 Å². The molecule has 0 radical (unpaired) electrons. The average Bonchev–Trinajstić information content (AvgIpc) is 2.84. The number of hydrogen-bond donors (Lipinski definition) is 1. The van der Waals surface area contributed by atoms with Crippen molar-refractivity contribution >= 4 is 5.88 Å². The number of aromatic nitrogens is 2. The minimum atomic E-state index is -0.334. The fraction of sp³-hybridized carbons (Fsp3) is 0.0667. The first-order chi connectivity index (χ1) is 9.66. The lowest BCUT2D eigenvalue weighted by molar-refractivity contribution is 0.439. The summed E-state index contributed by atoms with van der Waals surface area (Å²) in [6, 6.07) is 9.97. The SMILES string of the molecule is Cc1ccc(F)cc1-c1noc(N)c1-c1ccccn1. The van der Waals surface area contributed by atoms with E-state index in [0.29, 0.717) is 22.5 Å². The second kappa shape index (κ2) is 4.77. The van der Waals surface area contributed by atoms with Gasteiger partial charge in [0.2, 0.25) is 5.88 Å². The van der Waals surface area contributed by atoms with Crippen molar-refractivity contribution in [1.82, 2.24) is 10.1 Å². The maximum atomic E-state index is 13.5. The van der Waals surface area contributed by atoms with Gasteiger partial charge in [-0.3, -0.25) is 4.98 Å². The zero-order valence-electron chi connectivity index (χ0n) is 10.8. The van der Waals surface area contributed by atoms with Crippen LogP contribution in [0.5, 0.6) is 0 Å². The molecule has 4 nitrogen and oxygen atoms in total. The highest BCUT2D eigenvalue weighted by Crippen LogP contribution is 2.36. The summed E-state index contributed by atoms with van der Waals surface area (Å²) in [6.07, 6.45) is 1.66. The number of rotatable bonds is 2. The first kappa shape index (κ1) is 12.3. The lowest BCUT2D eigenvalue weighted by atomic mass is 10.0. The standard InChI is InChI=1S/C15H12FN3O/c1-9-5-6-10(16)8-11(9)14-13(15(17)20-19-14)12-4-2-3-7-18-12/h2-8H,17H2,1H3. The number of anilines is 1.